The lowest BCUT2D eigenvalue weighted by atomic mass is 9.97. The van der Waals surface area contributed by atoms with Gasteiger partial charge < -0.3 is 14.8 Å². The SMILES string of the molecule is COCc1ccc(CNC2CCOCC2C)cc1. The van der Waals surface area contributed by atoms with Crippen molar-refractivity contribution in [3.63, 3.8) is 0 Å². The van der Waals surface area contributed by atoms with E-state index in [1.165, 1.54) is 11.1 Å². The maximum Gasteiger partial charge on any atom is 0.0713 e. The van der Waals surface area contributed by atoms with E-state index in [1.54, 1.807) is 7.11 Å². The molecule has 1 aliphatic rings. The van der Waals surface area contributed by atoms with Gasteiger partial charge in [0.25, 0.3) is 0 Å². The number of benzene rings is 1. The van der Waals surface area contributed by atoms with Crippen molar-refractivity contribution in [1.29, 1.82) is 0 Å². The molecule has 0 spiro atoms. The summed E-state index contributed by atoms with van der Waals surface area (Å²) in [5.41, 5.74) is 2.55. The first kappa shape index (κ1) is 13.5. The summed E-state index contributed by atoms with van der Waals surface area (Å²) in [6.07, 6.45) is 1.11. The largest absolute Gasteiger partial charge is 0.381 e. The first-order valence-corrected chi connectivity index (χ1v) is 6.67. The van der Waals surface area contributed by atoms with Gasteiger partial charge in [0, 0.05) is 26.3 Å². The van der Waals surface area contributed by atoms with Gasteiger partial charge in [-0.15, -0.1) is 0 Å². The van der Waals surface area contributed by atoms with E-state index in [2.05, 4.69) is 36.5 Å². The van der Waals surface area contributed by atoms with Crippen LogP contribution in [0.2, 0.25) is 0 Å². The summed E-state index contributed by atoms with van der Waals surface area (Å²) in [6.45, 7) is 5.63. The van der Waals surface area contributed by atoms with Crippen molar-refractivity contribution in [2.24, 2.45) is 5.92 Å². The van der Waals surface area contributed by atoms with Crippen LogP contribution in [0.5, 0.6) is 0 Å². The molecule has 0 aromatic heterocycles. The normalized spacial score (nSPS) is 24.1. The molecule has 2 unspecified atom stereocenters. The molecule has 0 amide bonds. The molecular formula is C15H23NO2. The monoisotopic (exact) mass is 249 g/mol. The second-order valence-electron chi connectivity index (χ2n) is 5.08. The molecular weight excluding hydrogens is 226 g/mol. The Balaban J connectivity index is 1.82. The van der Waals surface area contributed by atoms with Gasteiger partial charge in [-0.3, -0.25) is 0 Å². The van der Waals surface area contributed by atoms with Gasteiger partial charge >= 0.3 is 0 Å². The first-order chi connectivity index (χ1) is 8.79. The van der Waals surface area contributed by atoms with Crippen LogP contribution in [0.4, 0.5) is 0 Å². The van der Waals surface area contributed by atoms with Crippen molar-refractivity contribution in [3.05, 3.63) is 35.4 Å². The van der Waals surface area contributed by atoms with Crippen LogP contribution in [0.3, 0.4) is 0 Å². The first-order valence-electron chi connectivity index (χ1n) is 6.67. The third-order valence-corrected chi connectivity index (χ3v) is 3.54. The van der Waals surface area contributed by atoms with Crippen molar-refractivity contribution in [3.8, 4) is 0 Å². The van der Waals surface area contributed by atoms with E-state index in [0.29, 0.717) is 18.6 Å². The zero-order valence-electron chi connectivity index (χ0n) is 11.3. The smallest absolute Gasteiger partial charge is 0.0713 e. The highest BCUT2D eigenvalue weighted by atomic mass is 16.5. The lowest BCUT2D eigenvalue weighted by Gasteiger charge is -2.29. The van der Waals surface area contributed by atoms with Crippen LogP contribution >= 0.6 is 0 Å². The van der Waals surface area contributed by atoms with E-state index >= 15 is 0 Å². The van der Waals surface area contributed by atoms with Gasteiger partial charge in [0.05, 0.1) is 13.2 Å². The van der Waals surface area contributed by atoms with Crippen LogP contribution in [0.15, 0.2) is 24.3 Å². The second-order valence-corrected chi connectivity index (χ2v) is 5.08. The Labute approximate surface area is 109 Å². The molecule has 3 heteroatoms. The second kappa shape index (κ2) is 6.88. The molecule has 1 saturated heterocycles. The lowest BCUT2D eigenvalue weighted by Crippen LogP contribution is -2.40. The summed E-state index contributed by atoms with van der Waals surface area (Å²) in [4.78, 5) is 0. The Kier molecular flexibility index (Phi) is 5.17. The van der Waals surface area contributed by atoms with Crippen molar-refractivity contribution in [2.45, 2.75) is 32.5 Å². The third-order valence-electron chi connectivity index (χ3n) is 3.54. The van der Waals surface area contributed by atoms with Crippen molar-refractivity contribution < 1.29 is 9.47 Å². The van der Waals surface area contributed by atoms with Gasteiger partial charge in [0.2, 0.25) is 0 Å². The minimum absolute atomic E-state index is 0.581. The molecule has 1 aliphatic heterocycles. The molecule has 1 heterocycles. The number of ether oxygens (including phenoxy) is 2. The van der Waals surface area contributed by atoms with Gasteiger partial charge in [-0.1, -0.05) is 31.2 Å². The van der Waals surface area contributed by atoms with E-state index < -0.39 is 0 Å². The van der Waals surface area contributed by atoms with Gasteiger partial charge in [-0.2, -0.15) is 0 Å². The van der Waals surface area contributed by atoms with E-state index in [1.807, 2.05) is 0 Å². The Morgan fingerprint density at radius 1 is 1.28 bits per heavy atom. The van der Waals surface area contributed by atoms with Gasteiger partial charge in [0.1, 0.15) is 0 Å². The number of hydrogen-bond donors (Lipinski definition) is 1. The highest BCUT2D eigenvalue weighted by Gasteiger charge is 2.20. The molecule has 1 aromatic carbocycles. The maximum absolute atomic E-state index is 5.45. The summed E-state index contributed by atoms with van der Waals surface area (Å²) >= 11 is 0. The average molecular weight is 249 g/mol. The quantitative estimate of drug-likeness (QED) is 0.869. The van der Waals surface area contributed by atoms with Gasteiger partial charge in [-0.05, 0) is 23.5 Å². The molecule has 18 heavy (non-hydrogen) atoms. The Morgan fingerprint density at radius 3 is 2.67 bits per heavy atom. The standard InChI is InChI=1S/C15H23NO2/c1-12-10-18-8-7-15(12)16-9-13-3-5-14(6-4-13)11-17-2/h3-6,12,15-16H,7-11H2,1-2H3. The Hall–Kier alpha value is -0.900. The number of methoxy groups -OCH3 is 1. The number of hydrogen-bond acceptors (Lipinski definition) is 3. The number of nitrogens with one attached hydrogen (secondary N) is 1. The molecule has 0 saturated carbocycles. The molecule has 1 aromatic rings. The van der Waals surface area contributed by atoms with Gasteiger partial charge in [0.15, 0.2) is 0 Å². The summed E-state index contributed by atoms with van der Waals surface area (Å²) in [7, 11) is 1.72. The minimum Gasteiger partial charge on any atom is -0.381 e. The zero-order valence-corrected chi connectivity index (χ0v) is 11.3. The molecule has 1 fully saturated rings. The summed E-state index contributed by atoms with van der Waals surface area (Å²) < 4.78 is 10.6. The van der Waals surface area contributed by atoms with Crippen LogP contribution in [0.1, 0.15) is 24.5 Å². The highest BCUT2D eigenvalue weighted by molar-refractivity contribution is 5.22. The van der Waals surface area contributed by atoms with Crippen LogP contribution in [0, 0.1) is 5.92 Å². The fourth-order valence-corrected chi connectivity index (χ4v) is 2.35. The number of rotatable bonds is 5. The molecule has 100 valence electrons. The molecule has 0 bridgehead atoms. The Morgan fingerprint density at radius 2 is 2.00 bits per heavy atom. The molecule has 0 radical (unpaired) electrons. The van der Waals surface area contributed by atoms with Crippen molar-refractivity contribution >= 4 is 0 Å². The third kappa shape index (κ3) is 3.80. The molecule has 2 rings (SSSR count). The van der Waals surface area contributed by atoms with Crippen molar-refractivity contribution in [1.82, 2.24) is 5.32 Å². The zero-order chi connectivity index (χ0) is 12.8. The van der Waals surface area contributed by atoms with E-state index in [0.717, 1.165) is 26.2 Å². The topological polar surface area (TPSA) is 30.5 Å². The average Bonchev–Trinajstić information content (AvgIpc) is 2.40. The Bertz CT molecular complexity index is 350. The fraction of sp³-hybridized carbons (Fsp3) is 0.600. The van der Waals surface area contributed by atoms with E-state index in [9.17, 15) is 0 Å². The molecule has 1 N–H and O–H groups in total. The maximum atomic E-state index is 5.45. The molecule has 0 aliphatic carbocycles. The van der Waals surface area contributed by atoms with Gasteiger partial charge in [-0.25, -0.2) is 0 Å². The fourth-order valence-electron chi connectivity index (χ4n) is 2.35. The lowest BCUT2D eigenvalue weighted by molar-refractivity contribution is 0.0386. The van der Waals surface area contributed by atoms with Crippen LogP contribution in [0.25, 0.3) is 0 Å². The minimum atomic E-state index is 0.581. The molecule has 2 atom stereocenters. The van der Waals surface area contributed by atoms with E-state index in [-0.39, 0.29) is 0 Å². The molecule has 3 nitrogen and oxygen atoms in total. The van der Waals surface area contributed by atoms with E-state index in [4.69, 9.17) is 9.47 Å². The van der Waals surface area contributed by atoms with Crippen molar-refractivity contribution in [2.75, 3.05) is 20.3 Å². The summed E-state index contributed by atoms with van der Waals surface area (Å²) in [5, 5.41) is 3.63. The van der Waals surface area contributed by atoms with Crippen LogP contribution in [-0.4, -0.2) is 26.4 Å². The highest BCUT2D eigenvalue weighted by Crippen LogP contribution is 2.14. The summed E-state index contributed by atoms with van der Waals surface area (Å²) in [5.74, 6) is 0.603. The predicted molar refractivity (Wildman–Crippen MR) is 72.4 cm³/mol. The van der Waals surface area contributed by atoms with Crippen LogP contribution < -0.4 is 5.32 Å². The predicted octanol–water partition coefficient (Wildman–Crippen LogP) is 2.35. The van der Waals surface area contributed by atoms with Crippen LogP contribution in [-0.2, 0) is 22.6 Å². The summed E-state index contributed by atoms with van der Waals surface area (Å²) in [6, 6.07) is 9.19.